The van der Waals surface area contributed by atoms with Crippen LogP contribution >= 0.6 is 12.4 Å². The summed E-state index contributed by atoms with van der Waals surface area (Å²) in [6.45, 7) is 0.767. The number of hydrogen-bond acceptors (Lipinski definition) is 4. The van der Waals surface area contributed by atoms with Crippen LogP contribution in [0.1, 0.15) is 37.9 Å². The lowest BCUT2D eigenvalue weighted by atomic mass is 10.0. The molecule has 2 bridgehead atoms. The van der Waals surface area contributed by atoms with Gasteiger partial charge >= 0.3 is 0 Å². The van der Waals surface area contributed by atoms with Gasteiger partial charge in [-0.2, -0.15) is 0 Å². The van der Waals surface area contributed by atoms with Crippen molar-refractivity contribution in [2.75, 3.05) is 0 Å². The first-order chi connectivity index (χ1) is 9.62. The first-order valence-electron chi connectivity index (χ1n) is 7.44. The Balaban J connectivity index is 0.00000132. The molecule has 0 aromatic carbocycles. The third-order valence-corrected chi connectivity index (χ3v) is 6.27. The van der Waals surface area contributed by atoms with Gasteiger partial charge in [-0.15, -0.1) is 12.4 Å². The van der Waals surface area contributed by atoms with Crippen LogP contribution in [-0.2, 0) is 23.0 Å². The van der Waals surface area contributed by atoms with Crippen LogP contribution in [0.2, 0.25) is 0 Å². The molecule has 2 saturated heterocycles. The third-order valence-electron chi connectivity index (χ3n) is 4.75. The molecular weight excluding hydrogens is 312 g/mol. The van der Waals surface area contributed by atoms with Crippen molar-refractivity contribution in [1.82, 2.24) is 19.6 Å². The molecule has 0 amide bonds. The van der Waals surface area contributed by atoms with Crippen LogP contribution in [-0.4, -0.2) is 36.1 Å². The zero-order valence-corrected chi connectivity index (χ0v) is 13.4. The molecule has 1 aromatic heterocycles. The molecule has 0 saturated carbocycles. The van der Waals surface area contributed by atoms with Crippen LogP contribution in [0.25, 0.3) is 0 Å². The lowest BCUT2D eigenvalue weighted by Gasteiger charge is -2.29. The van der Waals surface area contributed by atoms with E-state index in [9.17, 15) is 8.42 Å². The zero-order chi connectivity index (χ0) is 13.7. The van der Waals surface area contributed by atoms with Gasteiger partial charge in [0, 0.05) is 31.1 Å². The van der Waals surface area contributed by atoms with Crippen LogP contribution in [0.3, 0.4) is 0 Å². The van der Waals surface area contributed by atoms with Gasteiger partial charge in [0.15, 0.2) is 5.03 Å². The molecule has 3 aliphatic rings. The predicted octanol–water partition coefficient (Wildman–Crippen LogP) is 0.812. The Morgan fingerprint density at radius 3 is 2.71 bits per heavy atom. The van der Waals surface area contributed by atoms with Gasteiger partial charge in [-0.1, -0.05) is 0 Å². The van der Waals surface area contributed by atoms with E-state index in [4.69, 9.17) is 0 Å². The summed E-state index contributed by atoms with van der Waals surface area (Å²) in [4.78, 5) is 4.23. The SMILES string of the molecule is Cl.O=S(=O)(NC1CC2CCC(C1)N2)c1cnc2n1CCC2. The van der Waals surface area contributed by atoms with Crippen molar-refractivity contribution in [3.63, 3.8) is 0 Å². The Kier molecular flexibility index (Phi) is 4.02. The van der Waals surface area contributed by atoms with Crippen LogP contribution in [0, 0.1) is 0 Å². The summed E-state index contributed by atoms with van der Waals surface area (Å²) in [7, 11) is -3.44. The first kappa shape index (κ1) is 15.3. The fourth-order valence-electron chi connectivity index (χ4n) is 3.88. The average Bonchev–Trinajstić information content (AvgIpc) is 3.03. The number of sulfonamides is 1. The highest BCUT2D eigenvalue weighted by atomic mass is 35.5. The lowest BCUT2D eigenvalue weighted by Crippen LogP contribution is -2.48. The molecular formula is C13H21ClN4O2S. The van der Waals surface area contributed by atoms with Crippen LogP contribution in [0.5, 0.6) is 0 Å². The number of nitrogens with one attached hydrogen (secondary N) is 2. The summed E-state index contributed by atoms with van der Waals surface area (Å²) < 4.78 is 29.9. The Bertz CT molecular complexity index is 618. The number of rotatable bonds is 3. The number of imidazole rings is 1. The summed E-state index contributed by atoms with van der Waals surface area (Å²) in [5.41, 5.74) is 0. The van der Waals surface area contributed by atoms with Gasteiger partial charge in [0.2, 0.25) is 0 Å². The smallest absolute Gasteiger partial charge is 0.258 e. The van der Waals surface area contributed by atoms with Crippen LogP contribution in [0.4, 0.5) is 0 Å². The minimum atomic E-state index is -3.44. The molecule has 6 nitrogen and oxygen atoms in total. The molecule has 4 rings (SSSR count). The first-order valence-corrected chi connectivity index (χ1v) is 8.93. The van der Waals surface area contributed by atoms with Gasteiger partial charge < -0.3 is 9.88 Å². The average molecular weight is 333 g/mol. The molecule has 2 fully saturated rings. The molecule has 2 atom stereocenters. The maximum atomic E-state index is 12.6. The van der Waals surface area contributed by atoms with Crippen molar-refractivity contribution in [3.05, 3.63) is 12.0 Å². The van der Waals surface area contributed by atoms with Crippen molar-refractivity contribution in [3.8, 4) is 0 Å². The van der Waals surface area contributed by atoms with Crippen molar-refractivity contribution >= 4 is 22.4 Å². The van der Waals surface area contributed by atoms with Crippen molar-refractivity contribution in [1.29, 1.82) is 0 Å². The number of hydrogen-bond donors (Lipinski definition) is 2. The molecule has 2 unspecified atom stereocenters. The summed E-state index contributed by atoms with van der Waals surface area (Å²) in [6.07, 6.45) is 7.52. The van der Waals surface area contributed by atoms with Gasteiger partial charge in [-0.05, 0) is 32.1 Å². The minimum absolute atomic E-state index is 0. The van der Waals surface area contributed by atoms with Crippen molar-refractivity contribution in [2.24, 2.45) is 0 Å². The van der Waals surface area contributed by atoms with Crippen molar-refractivity contribution < 1.29 is 8.42 Å². The zero-order valence-electron chi connectivity index (χ0n) is 11.8. The third kappa shape index (κ3) is 2.72. The monoisotopic (exact) mass is 332 g/mol. The minimum Gasteiger partial charge on any atom is -0.318 e. The highest BCUT2D eigenvalue weighted by Gasteiger charge is 2.36. The van der Waals surface area contributed by atoms with E-state index in [2.05, 4.69) is 15.0 Å². The van der Waals surface area contributed by atoms with Crippen LogP contribution < -0.4 is 10.0 Å². The topological polar surface area (TPSA) is 76.0 Å². The fourth-order valence-corrected chi connectivity index (χ4v) is 5.31. The van der Waals surface area contributed by atoms with E-state index in [1.165, 1.54) is 19.0 Å². The summed E-state index contributed by atoms with van der Waals surface area (Å²) in [5.74, 6) is 0.899. The van der Waals surface area contributed by atoms with Crippen LogP contribution in [0.15, 0.2) is 11.2 Å². The van der Waals surface area contributed by atoms with Gasteiger partial charge in [0.25, 0.3) is 10.0 Å². The molecule has 8 heteroatoms. The molecule has 2 N–H and O–H groups in total. The molecule has 3 aliphatic heterocycles. The summed E-state index contributed by atoms with van der Waals surface area (Å²) in [6, 6.07) is 1.03. The Labute approximate surface area is 131 Å². The number of nitrogens with zero attached hydrogens (tertiary/aromatic N) is 2. The fraction of sp³-hybridized carbons (Fsp3) is 0.769. The quantitative estimate of drug-likeness (QED) is 0.859. The van der Waals surface area contributed by atoms with E-state index in [1.54, 1.807) is 0 Å². The summed E-state index contributed by atoms with van der Waals surface area (Å²) in [5, 5.41) is 3.87. The number of fused-ring (bicyclic) bond motifs is 3. The number of aryl methyl sites for hydroxylation is 1. The van der Waals surface area contributed by atoms with Gasteiger partial charge in [-0.3, -0.25) is 0 Å². The van der Waals surface area contributed by atoms with Gasteiger partial charge in [-0.25, -0.2) is 18.1 Å². The second kappa shape index (κ2) is 5.53. The van der Waals surface area contributed by atoms with Gasteiger partial charge in [0.1, 0.15) is 5.82 Å². The molecule has 0 radical (unpaired) electrons. The predicted molar refractivity (Wildman–Crippen MR) is 81.1 cm³/mol. The van der Waals surface area contributed by atoms with E-state index >= 15 is 0 Å². The largest absolute Gasteiger partial charge is 0.318 e. The Hall–Kier alpha value is -0.630. The number of halogens is 1. The molecule has 4 heterocycles. The van der Waals surface area contributed by atoms with E-state index < -0.39 is 10.0 Å². The normalized spacial score (nSPS) is 31.0. The number of piperidine rings is 1. The second-order valence-corrected chi connectivity index (χ2v) is 7.86. The Morgan fingerprint density at radius 2 is 2.00 bits per heavy atom. The molecule has 1 aromatic rings. The standard InChI is InChI=1S/C13H20N4O2S.ClH/c18-20(19,13-8-14-12-2-1-5-17(12)13)16-11-6-9-3-4-10(7-11)15-9;/h8-11,15-16H,1-7H2;1H. The van der Waals surface area contributed by atoms with E-state index in [-0.39, 0.29) is 18.4 Å². The molecule has 118 valence electrons. The summed E-state index contributed by atoms with van der Waals surface area (Å²) >= 11 is 0. The molecule has 21 heavy (non-hydrogen) atoms. The van der Waals surface area contributed by atoms with E-state index in [0.29, 0.717) is 17.1 Å². The van der Waals surface area contributed by atoms with Gasteiger partial charge in [0.05, 0.1) is 6.20 Å². The van der Waals surface area contributed by atoms with E-state index in [0.717, 1.165) is 38.1 Å². The second-order valence-electron chi connectivity index (χ2n) is 6.20. The highest BCUT2D eigenvalue weighted by molar-refractivity contribution is 7.89. The molecule has 0 spiro atoms. The van der Waals surface area contributed by atoms with Crippen molar-refractivity contribution in [2.45, 2.75) is 68.2 Å². The Morgan fingerprint density at radius 1 is 1.29 bits per heavy atom. The highest BCUT2D eigenvalue weighted by Crippen LogP contribution is 2.28. The van der Waals surface area contributed by atoms with E-state index in [1.807, 2.05) is 4.57 Å². The molecule has 0 aliphatic carbocycles. The maximum Gasteiger partial charge on any atom is 0.258 e. The number of aromatic nitrogens is 2. The maximum absolute atomic E-state index is 12.6. The lowest BCUT2D eigenvalue weighted by molar-refractivity contribution is 0.344.